The van der Waals surface area contributed by atoms with Gasteiger partial charge in [0.15, 0.2) is 0 Å². The maximum atomic E-state index is 9.51. The summed E-state index contributed by atoms with van der Waals surface area (Å²) in [7, 11) is 0. The van der Waals surface area contributed by atoms with Crippen LogP contribution in [0.1, 0.15) is 5.48 Å². The Labute approximate surface area is 325 Å². The fraction of sp³-hybridized carbons (Fsp3) is 0. The summed E-state index contributed by atoms with van der Waals surface area (Å²) < 4.78 is 43.8. The molecule has 0 spiro atoms. The Kier molecular flexibility index (Phi) is 6.34. The predicted molar refractivity (Wildman–Crippen MR) is 233 cm³/mol. The molecule has 11 rings (SSSR count). The molecule has 0 aliphatic heterocycles. The normalized spacial score (nSPS) is 12.7. The van der Waals surface area contributed by atoms with Gasteiger partial charge in [-0.25, -0.2) is 0 Å². The molecule has 0 bridgehead atoms. The summed E-state index contributed by atoms with van der Waals surface area (Å²) in [5, 5.41) is 8.02. The number of hydrogen-bond acceptors (Lipinski definition) is 1. The van der Waals surface area contributed by atoms with E-state index in [4.69, 9.17) is 4.42 Å². The van der Waals surface area contributed by atoms with Crippen LogP contribution in [0.3, 0.4) is 0 Å². The number of fused-ring (bicyclic) bond motifs is 6. The molecule has 10 aromatic carbocycles. The van der Waals surface area contributed by atoms with Gasteiger partial charge >= 0.3 is 0 Å². The van der Waals surface area contributed by atoms with Crippen LogP contribution in [0.4, 0.5) is 0 Å². The van der Waals surface area contributed by atoms with Crippen LogP contribution in [0.2, 0.25) is 0 Å². The predicted octanol–water partition coefficient (Wildman–Crippen LogP) is 15.4. The van der Waals surface area contributed by atoms with Crippen molar-refractivity contribution in [1.82, 2.24) is 0 Å². The smallest absolute Gasteiger partial charge is 0.135 e. The molecule has 1 nitrogen and oxygen atoms in total. The van der Waals surface area contributed by atoms with Gasteiger partial charge in [0.1, 0.15) is 11.2 Å². The topological polar surface area (TPSA) is 13.1 Å². The van der Waals surface area contributed by atoms with Gasteiger partial charge in [0.05, 0.1) is 5.48 Å². The number of para-hydroxylation sites is 1. The molecular formula is C54H34O. The lowest BCUT2D eigenvalue weighted by molar-refractivity contribution is 0.669. The minimum atomic E-state index is -0.0644. The average molecular weight is 703 g/mol. The SMILES string of the molecule is [2H]c1c([2H])c(-c2c3ccccc3c(-c3c(-c4ccc5oc6ccccc6c5c4)cccc3-c3cccc4ccccc34)c3ccccc23)c([2H])c([2H])c1-c1ccccc1. The average Bonchev–Trinajstić information content (AvgIpc) is 3.66. The van der Waals surface area contributed by atoms with Gasteiger partial charge in [-0.1, -0.05) is 188 Å². The quantitative estimate of drug-likeness (QED) is 0.163. The van der Waals surface area contributed by atoms with Crippen LogP contribution < -0.4 is 0 Å². The second kappa shape index (κ2) is 12.7. The van der Waals surface area contributed by atoms with Crippen molar-refractivity contribution >= 4 is 54.3 Å². The number of hydrogen-bond donors (Lipinski definition) is 0. The van der Waals surface area contributed by atoms with E-state index >= 15 is 0 Å². The monoisotopic (exact) mass is 702 g/mol. The summed E-state index contributed by atoms with van der Waals surface area (Å²) in [5.41, 5.74) is 10.0. The molecule has 0 N–H and O–H groups in total. The first kappa shape index (κ1) is 27.4. The molecule has 0 unspecified atom stereocenters. The van der Waals surface area contributed by atoms with Crippen LogP contribution in [0, 0.1) is 0 Å². The van der Waals surface area contributed by atoms with Crippen LogP contribution in [-0.4, -0.2) is 0 Å². The Morgan fingerprint density at radius 1 is 0.291 bits per heavy atom. The summed E-state index contributed by atoms with van der Waals surface area (Å²) in [6.45, 7) is 0. The lowest BCUT2D eigenvalue weighted by Crippen LogP contribution is -1.96. The molecule has 55 heavy (non-hydrogen) atoms. The van der Waals surface area contributed by atoms with E-state index in [2.05, 4.69) is 109 Å². The van der Waals surface area contributed by atoms with E-state index in [1.807, 2.05) is 72.8 Å². The van der Waals surface area contributed by atoms with E-state index in [0.29, 0.717) is 22.3 Å². The van der Waals surface area contributed by atoms with Crippen molar-refractivity contribution in [3.63, 3.8) is 0 Å². The highest BCUT2D eigenvalue weighted by atomic mass is 16.3. The zero-order chi connectivity index (χ0) is 39.8. The summed E-state index contributed by atoms with van der Waals surface area (Å²) in [4.78, 5) is 0. The van der Waals surface area contributed by atoms with Crippen molar-refractivity contribution in [2.75, 3.05) is 0 Å². The maximum absolute atomic E-state index is 9.51. The molecular weight excluding hydrogens is 665 g/mol. The highest BCUT2D eigenvalue weighted by Gasteiger charge is 2.23. The molecule has 1 heterocycles. The van der Waals surface area contributed by atoms with Gasteiger partial charge in [0.25, 0.3) is 0 Å². The zero-order valence-electron chi connectivity index (χ0n) is 33.7. The summed E-state index contributed by atoms with van der Waals surface area (Å²) in [5.74, 6) is 0. The highest BCUT2D eigenvalue weighted by molar-refractivity contribution is 6.24. The Morgan fingerprint density at radius 2 is 0.818 bits per heavy atom. The van der Waals surface area contributed by atoms with Crippen molar-refractivity contribution in [2.24, 2.45) is 0 Å². The molecule has 0 atom stereocenters. The fourth-order valence-electron chi connectivity index (χ4n) is 8.49. The fourth-order valence-corrected chi connectivity index (χ4v) is 8.49. The van der Waals surface area contributed by atoms with Crippen LogP contribution in [-0.2, 0) is 0 Å². The largest absolute Gasteiger partial charge is 0.456 e. The molecule has 0 radical (unpaired) electrons. The second-order valence-electron chi connectivity index (χ2n) is 14.0. The first-order valence-corrected chi connectivity index (χ1v) is 18.6. The number of benzene rings is 10. The molecule has 256 valence electrons. The van der Waals surface area contributed by atoms with Gasteiger partial charge in [-0.2, -0.15) is 0 Å². The molecule has 0 saturated carbocycles. The van der Waals surface area contributed by atoms with Gasteiger partial charge in [0.2, 0.25) is 0 Å². The molecule has 0 aliphatic rings. The third-order valence-electron chi connectivity index (χ3n) is 11.0. The van der Waals surface area contributed by atoms with Gasteiger partial charge in [0, 0.05) is 10.8 Å². The van der Waals surface area contributed by atoms with E-state index in [1.54, 1.807) is 0 Å². The molecule has 0 fully saturated rings. The lowest BCUT2D eigenvalue weighted by atomic mass is 9.80. The molecule has 11 aromatic rings. The van der Waals surface area contributed by atoms with Crippen molar-refractivity contribution in [1.29, 1.82) is 0 Å². The summed E-state index contributed by atoms with van der Waals surface area (Å²) in [6.07, 6.45) is 0. The van der Waals surface area contributed by atoms with Crippen molar-refractivity contribution in [3.05, 3.63) is 206 Å². The first-order chi connectivity index (χ1) is 29.0. The highest BCUT2D eigenvalue weighted by Crippen LogP contribution is 2.50. The van der Waals surface area contributed by atoms with Crippen molar-refractivity contribution in [3.8, 4) is 55.6 Å². The Balaban J connectivity index is 1.28. The van der Waals surface area contributed by atoms with E-state index in [-0.39, 0.29) is 24.2 Å². The van der Waals surface area contributed by atoms with E-state index in [1.165, 1.54) is 0 Å². The summed E-state index contributed by atoms with van der Waals surface area (Å²) >= 11 is 0. The number of furan rings is 1. The molecule has 1 heteroatoms. The maximum Gasteiger partial charge on any atom is 0.135 e. The minimum absolute atomic E-state index is 0.0600. The Bertz CT molecular complexity index is 3400. The van der Waals surface area contributed by atoms with E-state index in [0.717, 1.165) is 87.6 Å². The third kappa shape index (κ3) is 5.09. The van der Waals surface area contributed by atoms with Crippen molar-refractivity contribution < 1.29 is 9.90 Å². The standard InChI is InChI=1S/C54H34O/c1-2-14-35(15-3-1)36-28-30-38(31-29-36)52-45-20-6-8-22-47(45)54(48-23-9-7-21-46(48)52)53-41(39-32-33-51-49(34-39)43-19-10-11-27-50(43)55-51)24-13-26-44(53)42-25-12-17-37-16-4-5-18-40(37)42/h1-34H/i28D,29D,30D,31D. The molecule has 0 amide bonds. The van der Waals surface area contributed by atoms with E-state index in [9.17, 15) is 5.48 Å². The summed E-state index contributed by atoms with van der Waals surface area (Å²) in [6, 6.07) is 61.6. The Hall–Kier alpha value is -7.22. The van der Waals surface area contributed by atoms with Gasteiger partial charge in [-0.3, -0.25) is 0 Å². The molecule has 1 aromatic heterocycles. The van der Waals surface area contributed by atoms with E-state index < -0.39 is 0 Å². The van der Waals surface area contributed by atoms with Crippen molar-refractivity contribution in [2.45, 2.75) is 0 Å². The van der Waals surface area contributed by atoms with Crippen LogP contribution >= 0.6 is 0 Å². The minimum Gasteiger partial charge on any atom is -0.456 e. The van der Waals surface area contributed by atoms with Gasteiger partial charge < -0.3 is 4.42 Å². The zero-order valence-corrected chi connectivity index (χ0v) is 29.7. The van der Waals surface area contributed by atoms with Gasteiger partial charge in [-0.05, 0) is 106 Å². The van der Waals surface area contributed by atoms with Gasteiger partial charge in [-0.15, -0.1) is 0 Å². The number of rotatable bonds is 5. The molecule has 0 saturated heterocycles. The molecule has 0 aliphatic carbocycles. The van der Waals surface area contributed by atoms with Crippen LogP contribution in [0.5, 0.6) is 0 Å². The lowest BCUT2D eigenvalue weighted by Gasteiger charge is -2.23. The van der Waals surface area contributed by atoms with Crippen LogP contribution in [0.25, 0.3) is 110 Å². The third-order valence-corrected chi connectivity index (χ3v) is 11.0. The second-order valence-corrected chi connectivity index (χ2v) is 14.0. The van der Waals surface area contributed by atoms with Crippen LogP contribution in [0.15, 0.2) is 211 Å². The first-order valence-electron chi connectivity index (χ1n) is 20.6. The Morgan fingerprint density at radius 3 is 1.56 bits per heavy atom.